The van der Waals surface area contributed by atoms with E-state index in [9.17, 15) is 9.90 Å². The number of aryl methyl sites for hydroxylation is 1. The molecule has 0 fully saturated rings. The Balaban J connectivity index is 1.78. The number of para-hydroxylation sites is 1. The van der Waals surface area contributed by atoms with Gasteiger partial charge in [-0.25, -0.2) is 4.98 Å². The number of hydrogen-bond acceptors (Lipinski definition) is 6. The Kier molecular flexibility index (Phi) is 5.34. The molecule has 1 heterocycles. The van der Waals surface area contributed by atoms with Gasteiger partial charge in [-0.05, 0) is 48.9 Å². The minimum absolute atomic E-state index is 0.402. The smallest absolute Gasteiger partial charge is 0.147 e. The molecule has 1 N–H and O–H groups in total. The van der Waals surface area contributed by atoms with Gasteiger partial charge in [0.05, 0.1) is 17.7 Å². The van der Waals surface area contributed by atoms with Crippen molar-refractivity contribution in [2.24, 2.45) is 5.10 Å². The number of nitrogens with one attached hydrogen (secondary N) is 1. The largest absolute Gasteiger partial charge is 0.546 e. The fourth-order valence-electron chi connectivity index (χ4n) is 2.45. The zero-order valence-electron chi connectivity index (χ0n) is 13.9. The summed E-state index contributed by atoms with van der Waals surface area (Å²) in [6, 6.07) is 14.3. The number of nitrogens with zero attached hydrogens (tertiary/aromatic N) is 2. The third-order valence-electron chi connectivity index (χ3n) is 3.62. The van der Waals surface area contributed by atoms with Crippen LogP contribution in [0.2, 0.25) is 5.02 Å². The lowest BCUT2D eigenvalue weighted by Gasteiger charge is -2.09. The average Bonchev–Trinajstić information content (AvgIpc) is 2.61. The van der Waals surface area contributed by atoms with E-state index in [1.165, 1.54) is 6.21 Å². The molecule has 2 aromatic carbocycles. The lowest BCUT2D eigenvalue weighted by atomic mass is 10.1. The van der Waals surface area contributed by atoms with E-state index in [1.807, 2.05) is 25.1 Å². The summed E-state index contributed by atoms with van der Waals surface area (Å²) in [6.45, 7) is 1.45. The van der Waals surface area contributed by atoms with Crippen molar-refractivity contribution in [2.45, 2.75) is 6.92 Å². The molecule has 0 saturated heterocycles. The van der Waals surface area contributed by atoms with Crippen molar-refractivity contribution >= 4 is 40.5 Å². The first kappa shape index (κ1) is 17.7. The van der Waals surface area contributed by atoms with Crippen LogP contribution in [0.4, 0.5) is 5.82 Å². The fraction of sp³-hybridized carbons (Fsp3) is 0.105. The SMILES string of the molecule is Cc1cc(N/N=C\c2ccccc2OCC(=O)[O-])nc2ccc(Cl)cc12. The summed E-state index contributed by atoms with van der Waals surface area (Å²) in [5, 5.41) is 16.3. The molecular weight excluding hydrogens is 354 g/mol. The van der Waals surface area contributed by atoms with E-state index < -0.39 is 12.6 Å². The predicted octanol–water partition coefficient (Wildman–Crippen LogP) is 2.77. The highest BCUT2D eigenvalue weighted by Crippen LogP contribution is 2.23. The fourth-order valence-corrected chi connectivity index (χ4v) is 2.62. The van der Waals surface area contributed by atoms with Crippen LogP contribution in [0.25, 0.3) is 10.9 Å². The van der Waals surface area contributed by atoms with E-state index in [4.69, 9.17) is 16.3 Å². The zero-order chi connectivity index (χ0) is 18.5. The number of benzene rings is 2. The van der Waals surface area contributed by atoms with E-state index >= 15 is 0 Å². The quantitative estimate of drug-likeness (QED) is 0.534. The van der Waals surface area contributed by atoms with Gasteiger partial charge in [0.2, 0.25) is 0 Å². The maximum atomic E-state index is 10.5. The number of carboxylic acids is 1. The van der Waals surface area contributed by atoms with Crippen molar-refractivity contribution in [3.05, 3.63) is 64.7 Å². The van der Waals surface area contributed by atoms with Gasteiger partial charge in [0.15, 0.2) is 0 Å². The van der Waals surface area contributed by atoms with Gasteiger partial charge in [0.25, 0.3) is 0 Å². The monoisotopic (exact) mass is 368 g/mol. The lowest BCUT2D eigenvalue weighted by Crippen LogP contribution is -2.29. The van der Waals surface area contributed by atoms with Crippen LogP contribution < -0.4 is 15.3 Å². The molecule has 0 unspecified atom stereocenters. The third kappa shape index (κ3) is 4.29. The molecular formula is C19H15ClN3O3-. The van der Waals surface area contributed by atoms with Gasteiger partial charge in [-0.2, -0.15) is 5.10 Å². The molecule has 0 aliphatic carbocycles. The zero-order valence-corrected chi connectivity index (χ0v) is 14.7. The van der Waals surface area contributed by atoms with Gasteiger partial charge in [-0.15, -0.1) is 0 Å². The van der Waals surface area contributed by atoms with Crippen molar-refractivity contribution in [1.29, 1.82) is 0 Å². The number of carbonyl (C=O) groups is 1. The molecule has 0 spiro atoms. The van der Waals surface area contributed by atoms with Crippen LogP contribution in [-0.2, 0) is 4.79 Å². The number of ether oxygens (including phenoxy) is 1. The molecule has 6 nitrogen and oxygen atoms in total. The number of carbonyl (C=O) groups excluding carboxylic acids is 1. The van der Waals surface area contributed by atoms with E-state index in [-0.39, 0.29) is 0 Å². The molecule has 0 aliphatic rings. The van der Waals surface area contributed by atoms with Crippen LogP contribution in [0, 0.1) is 6.92 Å². The second-order valence-corrected chi connectivity index (χ2v) is 5.99. The van der Waals surface area contributed by atoms with Crippen LogP contribution >= 0.6 is 11.6 Å². The number of pyridine rings is 1. The number of aliphatic carboxylic acids is 1. The number of aromatic nitrogens is 1. The number of carboxylic acid groups (broad SMARTS) is 1. The standard InChI is InChI=1S/C19H16ClN3O3/c1-12-8-18(22-16-7-6-14(20)9-15(12)16)23-21-10-13-4-2-3-5-17(13)26-11-19(24)25/h2-10H,11H2,1H3,(H,22,23)(H,24,25)/p-1/b21-10-. The maximum absolute atomic E-state index is 10.5. The molecule has 7 heteroatoms. The third-order valence-corrected chi connectivity index (χ3v) is 3.86. The molecule has 1 aromatic heterocycles. The van der Waals surface area contributed by atoms with E-state index in [0.717, 1.165) is 16.5 Å². The Labute approximate surface area is 155 Å². The minimum atomic E-state index is -1.29. The summed E-state index contributed by atoms with van der Waals surface area (Å²) in [5.74, 6) is -0.299. The molecule has 0 radical (unpaired) electrons. The summed E-state index contributed by atoms with van der Waals surface area (Å²) in [4.78, 5) is 15.0. The second-order valence-electron chi connectivity index (χ2n) is 5.55. The first-order valence-corrected chi connectivity index (χ1v) is 8.18. The number of fused-ring (bicyclic) bond motifs is 1. The normalized spacial score (nSPS) is 11.0. The van der Waals surface area contributed by atoms with Crippen molar-refractivity contribution < 1.29 is 14.6 Å². The van der Waals surface area contributed by atoms with Gasteiger partial charge in [0.1, 0.15) is 18.2 Å². The summed E-state index contributed by atoms with van der Waals surface area (Å²) < 4.78 is 5.18. The molecule has 3 rings (SSSR count). The van der Waals surface area contributed by atoms with Crippen LogP contribution in [0.5, 0.6) is 5.75 Å². The minimum Gasteiger partial charge on any atom is -0.546 e. The van der Waals surface area contributed by atoms with Gasteiger partial charge in [-0.1, -0.05) is 23.7 Å². The summed E-state index contributed by atoms with van der Waals surface area (Å²) >= 11 is 6.02. The van der Waals surface area contributed by atoms with Crippen molar-refractivity contribution in [3.63, 3.8) is 0 Å². The Bertz CT molecular complexity index is 989. The summed E-state index contributed by atoms with van der Waals surface area (Å²) in [5.41, 5.74) is 5.34. The van der Waals surface area contributed by atoms with E-state index in [2.05, 4.69) is 15.5 Å². The van der Waals surface area contributed by atoms with Crippen LogP contribution in [0.3, 0.4) is 0 Å². The highest BCUT2D eigenvalue weighted by atomic mass is 35.5. The highest BCUT2D eigenvalue weighted by molar-refractivity contribution is 6.31. The second kappa shape index (κ2) is 7.84. The van der Waals surface area contributed by atoms with Crippen LogP contribution in [0.1, 0.15) is 11.1 Å². The van der Waals surface area contributed by atoms with Crippen molar-refractivity contribution in [1.82, 2.24) is 4.98 Å². The highest BCUT2D eigenvalue weighted by Gasteiger charge is 2.04. The molecule has 0 saturated carbocycles. The Morgan fingerprint density at radius 2 is 2.12 bits per heavy atom. The summed E-state index contributed by atoms with van der Waals surface area (Å²) in [6.07, 6.45) is 1.54. The van der Waals surface area contributed by atoms with Gasteiger partial charge >= 0.3 is 0 Å². The van der Waals surface area contributed by atoms with Gasteiger partial charge in [-0.3, -0.25) is 5.43 Å². The maximum Gasteiger partial charge on any atom is 0.147 e. The van der Waals surface area contributed by atoms with E-state index in [1.54, 1.807) is 30.3 Å². The molecule has 3 aromatic rings. The average molecular weight is 369 g/mol. The van der Waals surface area contributed by atoms with Crippen molar-refractivity contribution in [2.75, 3.05) is 12.0 Å². The summed E-state index contributed by atoms with van der Waals surface area (Å²) in [7, 11) is 0. The first-order chi connectivity index (χ1) is 12.5. The Morgan fingerprint density at radius 1 is 1.31 bits per heavy atom. The molecule has 26 heavy (non-hydrogen) atoms. The van der Waals surface area contributed by atoms with Gasteiger partial charge in [0, 0.05) is 16.0 Å². The molecule has 132 valence electrons. The van der Waals surface area contributed by atoms with Crippen molar-refractivity contribution in [3.8, 4) is 5.75 Å². The van der Waals surface area contributed by atoms with Crippen LogP contribution in [0.15, 0.2) is 53.6 Å². The Morgan fingerprint density at radius 3 is 2.92 bits per heavy atom. The number of rotatable bonds is 6. The molecule has 0 aliphatic heterocycles. The predicted molar refractivity (Wildman–Crippen MR) is 99.7 cm³/mol. The molecule has 0 amide bonds. The van der Waals surface area contributed by atoms with Gasteiger partial charge < -0.3 is 14.6 Å². The number of halogens is 1. The van der Waals surface area contributed by atoms with Crippen LogP contribution in [-0.4, -0.2) is 23.8 Å². The number of hydrazone groups is 1. The topological polar surface area (TPSA) is 86.6 Å². The number of hydrogen-bond donors (Lipinski definition) is 1. The lowest BCUT2D eigenvalue weighted by molar-refractivity contribution is -0.307. The molecule has 0 bridgehead atoms. The Hall–Kier alpha value is -3.12. The first-order valence-electron chi connectivity index (χ1n) is 7.80. The number of anilines is 1. The van der Waals surface area contributed by atoms with E-state index in [0.29, 0.717) is 22.2 Å². The molecule has 0 atom stereocenters.